The topological polar surface area (TPSA) is 151 Å². The first kappa shape index (κ1) is 22.2. The van der Waals surface area contributed by atoms with E-state index in [9.17, 15) is 19.2 Å². The summed E-state index contributed by atoms with van der Waals surface area (Å²) < 4.78 is 0.697. The molecule has 2 rings (SSSR count). The van der Waals surface area contributed by atoms with Crippen LogP contribution < -0.4 is 16.4 Å². The summed E-state index contributed by atoms with van der Waals surface area (Å²) in [4.78, 5) is 51.2. The van der Waals surface area contributed by atoms with Gasteiger partial charge in [0.05, 0.1) is 12.2 Å². The Morgan fingerprint density at radius 2 is 1.86 bits per heavy atom. The van der Waals surface area contributed by atoms with Gasteiger partial charge in [0, 0.05) is 22.7 Å². The lowest BCUT2D eigenvalue weighted by Crippen LogP contribution is -2.35. The van der Waals surface area contributed by atoms with Crippen LogP contribution in [0.2, 0.25) is 0 Å². The van der Waals surface area contributed by atoms with Gasteiger partial charge in [-0.1, -0.05) is 28.1 Å². The summed E-state index contributed by atoms with van der Waals surface area (Å²) in [5.74, 6) is -2.60. The zero-order chi connectivity index (χ0) is 21.4. The predicted octanol–water partition coefficient (Wildman–Crippen LogP) is 1.32. The van der Waals surface area contributed by atoms with Crippen LogP contribution in [0.4, 0.5) is 5.69 Å². The number of aliphatic carboxylic acids is 1. The number of nitrogens with two attached hydrogens (primary N) is 1. The molecule has 2 amide bonds. The molecule has 2 aromatic rings. The minimum Gasteiger partial charge on any atom is -0.480 e. The number of carbonyl (C=O) groups is 4. The molecule has 0 bridgehead atoms. The number of aromatic nitrogens is 1. The van der Waals surface area contributed by atoms with Crippen molar-refractivity contribution in [2.75, 3.05) is 11.9 Å². The van der Waals surface area contributed by atoms with Gasteiger partial charge in [0.2, 0.25) is 17.6 Å². The molecule has 0 aliphatic rings. The number of benzene rings is 1. The van der Waals surface area contributed by atoms with E-state index in [4.69, 9.17) is 10.8 Å². The smallest absolute Gasteiger partial charge is 0.320 e. The second kappa shape index (κ2) is 10.4. The standard InChI is InChI=1S/C19H19BrN4O5/c20-11-7-8-22-15(9-11)18(27)12-3-1-2-4-14(12)24-17(26)10-23-16(25)6-5-13(21)19(28)29/h1-4,7-9,13H,5-6,10,21H2,(H,23,25)(H,24,26)(H,28,29)/t13-/m0/s1. The maximum absolute atomic E-state index is 12.7. The third-order valence-electron chi connectivity index (χ3n) is 3.85. The Hall–Kier alpha value is -3.11. The number of hydrogen-bond donors (Lipinski definition) is 4. The number of pyridine rings is 1. The molecule has 152 valence electrons. The molecule has 9 nitrogen and oxygen atoms in total. The molecule has 0 saturated carbocycles. The number of anilines is 1. The van der Waals surface area contributed by atoms with Crippen LogP contribution in [0.25, 0.3) is 0 Å². The number of halogens is 1. The third kappa shape index (κ3) is 6.77. The van der Waals surface area contributed by atoms with E-state index in [1.807, 2.05) is 0 Å². The van der Waals surface area contributed by atoms with Crippen molar-refractivity contribution >= 4 is 45.2 Å². The number of nitrogens with one attached hydrogen (secondary N) is 2. The fourth-order valence-corrected chi connectivity index (χ4v) is 2.66. The third-order valence-corrected chi connectivity index (χ3v) is 4.34. The number of amides is 2. The van der Waals surface area contributed by atoms with Gasteiger partial charge in [-0.15, -0.1) is 0 Å². The Bertz CT molecular complexity index is 934. The Balaban J connectivity index is 1.96. The molecular formula is C19H19BrN4O5. The van der Waals surface area contributed by atoms with Gasteiger partial charge in [-0.3, -0.25) is 24.2 Å². The van der Waals surface area contributed by atoms with E-state index in [2.05, 4.69) is 31.5 Å². The highest BCUT2D eigenvalue weighted by Crippen LogP contribution is 2.20. The minimum atomic E-state index is -1.20. The van der Waals surface area contributed by atoms with Gasteiger partial charge in [0.15, 0.2) is 0 Å². The maximum Gasteiger partial charge on any atom is 0.320 e. The minimum absolute atomic E-state index is 0.0419. The maximum atomic E-state index is 12.7. The fraction of sp³-hybridized carbons (Fsp3) is 0.211. The van der Waals surface area contributed by atoms with Crippen molar-refractivity contribution in [1.29, 1.82) is 0 Å². The van der Waals surface area contributed by atoms with Gasteiger partial charge in [0.25, 0.3) is 0 Å². The predicted molar refractivity (Wildman–Crippen MR) is 108 cm³/mol. The van der Waals surface area contributed by atoms with Gasteiger partial charge in [-0.2, -0.15) is 0 Å². The number of rotatable bonds is 9. The molecule has 0 unspecified atom stereocenters. The Kier molecular flexibility index (Phi) is 7.98. The number of carboxylic acids is 1. The number of carboxylic acid groups (broad SMARTS) is 1. The largest absolute Gasteiger partial charge is 0.480 e. The average molecular weight is 463 g/mol. The van der Waals surface area contributed by atoms with Crippen LogP contribution in [0, 0.1) is 0 Å². The number of ketones is 1. The Morgan fingerprint density at radius 3 is 2.55 bits per heavy atom. The highest BCUT2D eigenvalue weighted by molar-refractivity contribution is 9.10. The summed E-state index contributed by atoms with van der Waals surface area (Å²) in [7, 11) is 0. The number of carbonyl (C=O) groups excluding carboxylic acids is 3. The lowest BCUT2D eigenvalue weighted by atomic mass is 10.1. The summed E-state index contributed by atoms with van der Waals surface area (Å²) in [6.07, 6.45) is 1.33. The van der Waals surface area contributed by atoms with Crippen molar-refractivity contribution in [2.24, 2.45) is 5.73 Å². The van der Waals surface area contributed by atoms with Crippen LogP contribution >= 0.6 is 15.9 Å². The summed E-state index contributed by atoms with van der Waals surface area (Å²) in [5, 5.41) is 13.7. The molecule has 0 aliphatic heterocycles. The molecule has 0 radical (unpaired) electrons. The summed E-state index contributed by atoms with van der Waals surface area (Å²) >= 11 is 3.28. The molecule has 5 N–H and O–H groups in total. The van der Waals surface area contributed by atoms with Gasteiger partial charge in [-0.05, 0) is 30.7 Å². The number of hydrogen-bond acceptors (Lipinski definition) is 6. The molecule has 0 spiro atoms. The lowest BCUT2D eigenvalue weighted by molar-refractivity contribution is -0.138. The first-order valence-electron chi connectivity index (χ1n) is 8.58. The van der Waals surface area contributed by atoms with Gasteiger partial charge < -0.3 is 21.5 Å². The quantitative estimate of drug-likeness (QED) is 0.410. The van der Waals surface area contributed by atoms with Gasteiger partial charge in [0.1, 0.15) is 11.7 Å². The summed E-state index contributed by atoms with van der Waals surface area (Å²) in [5.41, 5.74) is 6.08. The zero-order valence-corrected chi connectivity index (χ0v) is 16.8. The molecule has 29 heavy (non-hydrogen) atoms. The molecule has 0 fully saturated rings. The number of nitrogens with zero attached hydrogens (tertiary/aromatic N) is 1. The van der Waals surface area contributed by atoms with Crippen molar-refractivity contribution < 1.29 is 24.3 Å². The van der Waals surface area contributed by atoms with Crippen LogP contribution in [-0.4, -0.2) is 46.2 Å². The summed E-state index contributed by atoms with van der Waals surface area (Å²) in [6, 6.07) is 8.57. The van der Waals surface area contributed by atoms with Gasteiger partial charge >= 0.3 is 5.97 Å². The monoisotopic (exact) mass is 462 g/mol. The van der Waals surface area contributed by atoms with E-state index in [0.717, 1.165) is 0 Å². The van der Waals surface area contributed by atoms with Crippen molar-refractivity contribution in [3.63, 3.8) is 0 Å². The van der Waals surface area contributed by atoms with Crippen LogP contribution in [0.15, 0.2) is 47.1 Å². The van der Waals surface area contributed by atoms with Crippen LogP contribution in [0.3, 0.4) is 0 Å². The SMILES string of the molecule is N[C@@H](CCC(=O)NCC(=O)Nc1ccccc1C(=O)c1cc(Br)ccn1)C(=O)O. The Morgan fingerprint density at radius 1 is 1.14 bits per heavy atom. The van der Waals surface area contributed by atoms with Crippen LogP contribution in [0.1, 0.15) is 28.9 Å². The van der Waals surface area contributed by atoms with Crippen LogP contribution in [-0.2, 0) is 14.4 Å². The molecule has 1 aromatic heterocycles. The molecule has 10 heteroatoms. The molecule has 1 atom stereocenters. The molecular weight excluding hydrogens is 444 g/mol. The normalized spacial score (nSPS) is 11.4. The van der Waals surface area contributed by atoms with Crippen molar-refractivity contribution in [3.8, 4) is 0 Å². The summed E-state index contributed by atoms with van der Waals surface area (Å²) in [6.45, 7) is -0.335. The average Bonchev–Trinajstić information content (AvgIpc) is 2.70. The molecule has 0 saturated heterocycles. The highest BCUT2D eigenvalue weighted by atomic mass is 79.9. The molecule has 1 heterocycles. The second-order valence-corrected chi connectivity index (χ2v) is 6.96. The van der Waals surface area contributed by atoms with Crippen molar-refractivity contribution in [3.05, 3.63) is 58.3 Å². The molecule has 0 aliphatic carbocycles. The zero-order valence-electron chi connectivity index (χ0n) is 15.2. The van der Waals surface area contributed by atoms with Crippen LogP contribution in [0.5, 0.6) is 0 Å². The van der Waals surface area contributed by atoms with Crippen molar-refractivity contribution in [1.82, 2.24) is 10.3 Å². The lowest BCUT2D eigenvalue weighted by Gasteiger charge is -2.11. The number of para-hydroxylation sites is 1. The molecule has 1 aromatic carbocycles. The highest BCUT2D eigenvalue weighted by Gasteiger charge is 2.17. The first-order chi connectivity index (χ1) is 13.8. The van der Waals surface area contributed by atoms with E-state index in [0.29, 0.717) is 4.47 Å². The second-order valence-electron chi connectivity index (χ2n) is 6.04. The Labute approximate surface area is 174 Å². The van der Waals surface area contributed by atoms with Gasteiger partial charge in [-0.25, -0.2) is 0 Å². The first-order valence-corrected chi connectivity index (χ1v) is 9.37. The van der Waals surface area contributed by atoms with E-state index in [-0.39, 0.29) is 42.1 Å². The van der Waals surface area contributed by atoms with E-state index in [1.54, 1.807) is 36.4 Å². The van der Waals surface area contributed by atoms with E-state index in [1.165, 1.54) is 6.20 Å². The van der Waals surface area contributed by atoms with E-state index >= 15 is 0 Å². The van der Waals surface area contributed by atoms with E-state index < -0.39 is 23.8 Å². The fourth-order valence-electron chi connectivity index (χ4n) is 2.33. The van der Waals surface area contributed by atoms with Crippen molar-refractivity contribution in [2.45, 2.75) is 18.9 Å².